The molecule has 0 amide bonds. The summed E-state index contributed by atoms with van der Waals surface area (Å²) in [4.78, 5) is 12.7. The van der Waals surface area contributed by atoms with Crippen LogP contribution in [0.15, 0.2) is 18.2 Å². The molecule has 0 aliphatic carbocycles. The van der Waals surface area contributed by atoms with Crippen LogP contribution in [-0.4, -0.2) is 30.6 Å². The van der Waals surface area contributed by atoms with Crippen LogP contribution in [0, 0.1) is 13.7 Å². The minimum atomic E-state index is -0.341. The van der Waals surface area contributed by atoms with Crippen molar-refractivity contribution >= 4 is 34.0 Å². The van der Waals surface area contributed by atoms with E-state index in [1.807, 2.05) is 34.7 Å². The van der Waals surface area contributed by atoms with E-state index in [4.69, 9.17) is 0 Å². The van der Waals surface area contributed by atoms with Crippen LogP contribution in [0.25, 0.3) is 0 Å². The van der Waals surface area contributed by atoms with Gasteiger partial charge >= 0.3 is 0 Å². The second kappa shape index (κ2) is 5.18. The van der Waals surface area contributed by atoms with E-state index in [0.29, 0.717) is 9.61 Å². The Morgan fingerprint density at radius 1 is 1.59 bits per heavy atom. The maximum absolute atomic E-state index is 10.7. The molecule has 1 saturated heterocycles. The van der Waals surface area contributed by atoms with E-state index in [1.54, 1.807) is 6.07 Å². The highest BCUT2D eigenvalue weighted by Gasteiger charge is 2.18. The summed E-state index contributed by atoms with van der Waals surface area (Å²) in [6.07, 6.45) is 0. The zero-order chi connectivity index (χ0) is 12.4. The average Bonchev–Trinajstić information content (AvgIpc) is 2.28. The molecule has 92 valence electrons. The van der Waals surface area contributed by atoms with Crippen molar-refractivity contribution in [2.24, 2.45) is 0 Å². The van der Waals surface area contributed by atoms with Crippen LogP contribution in [0.5, 0.6) is 0 Å². The number of benzene rings is 1. The van der Waals surface area contributed by atoms with Gasteiger partial charge in [-0.15, -0.1) is 0 Å². The molecule has 1 heterocycles. The molecule has 2 rings (SSSR count). The van der Waals surface area contributed by atoms with E-state index in [9.17, 15) is 10.1 Å². The Hall–Kier alpha value is -0.890. The number of hydrogen-bond donors (Lipinski definition) is 1. The first-order chi connectivity index (χ1) is 8.08. The Bertz CT molecular complexity index is 439. The van der Waals surface area contributed by atoms with Crippen molar-refractivity contribution in [3.63, 3.8) is 0 Å². The molecule has 6 heteroatoms. The summed E-state index contributed by atoms with van der Waals surface area (Å²) >= 11 is 2.02. The van der Waals surface area contributed by atoms with Crippen LogP contribution in [-0.2, 0) is 0 Å². The molecule has 17 heavy (non-hydrogen) atoms. The average molecular weight is 347 g/mol. The number of hydrogen-bond acceptors (Lipinski definition) is 4. The molecule has 1 N–H and O–H groups in total. The van der Waals surface area contributed by atoms with Gasteiger partial charge in [0, 0.05) is 37.4 Å². The number of nitro groups is 1. The number of rotatable bonds is 2. The summed E-state index contributed by atoms with van der Waals surface area (Å²) in [6, 6.07) is 5.76. The SMILES string of the molecule is CC1CN(c2ccc([N+](=O)[O-])c(I)c2)CCN1. The summed E-state index contributed by atoms with van der Waals surface area (Å²) in [5, 5.41) is 14.1. The Morgan fingerprint density at radius 3 is 2.94 bits per heavy atom. The van der Waals surface area contributed by atoms with Crippen LogP contribution < -0.4 is 10.2 Å². The third kappa shape index (κ3) is 2.86. The van der Waals surface area contributed by atoms with Gasteiger partial charge in [0.15, 0.2) is 0 Å². The van der Waals surface area contributed by atoms with Crippen LogP contribution in [0.3, 0.4) is 0 Å². The fraction of sp³-hybridized carbons (Fsp3) is 0.455. The number of piperazine rings is 1. The van der Waals surface area contributed by atoms with E-state index in [2.05, 4.69) is 17.1 Å². The van der Waals surface area contributed by atoms with Crippen molar-refractivity contribution < 1.29 is 4.92 Å². The number of halogens is 1. The first kappa shape index (κ1) is 12.6. The monoisotopic (exact) mass is 347 g/mol. The van der Waals surface area contributed by atoms with Gasteiger partial charge in [0.25, 0.3) is 5.69 Å². The summed E-state index contributed by atoms with van der Waals surface area (Å²) < 4.78 is 0.691. The molecule has 1 atom stereocenters. The molecule has 0 radical (unpaired) electrons. The largest absolute Gasteiger partial charge is 0.369 e. The first-order valence-corrected chi connectivity index (χ1v) is 6.58. The van der Waals surface area contributed by atoms with Crippen molar-refractivity contribution in [1.29, 1.82) is 0 Å². The fourth-order valence-corrected chi connectivity index (χ4v) is 2.70. The summed E-state index contributed by atoms with van der Waals surface area (Å²) in [6.45, 7) is 4.98. The molecule has 0 spiro atoms. The van der Waals surface area contributed by atoms with Crippen LogP contribution in [0.1, 0.15) is 6.92 Å². The van der Waals surface area contributed by atoms with E-state index in [0.717, 1.165) is 25.3 Å². The number of nitro benzene ring substituents is 1. The molecule has 1 unspecified atom stereocenters. The lowest BCUT2D eigenvalue weighted by Gasteiger charge is -2.33. The highest BCUT2D eigenvalue weighted by Crippen LogP contribution is 2.26. The fourth-order valence-electron chi connectivity index (χ4n) is 2.01. The van der Waals surface area contributed by atoms with Crippen molar-refractivity contribution in [3.8, 4) is 0 Å². The number of nitrogens with zero attached hydrogens (tertiary/aromatic N) is 2. The minimum Gasteiger partial charge on any atom is -0.369 e. The standard InChI is InChI=1S/C11H14IN3O2/c1-8-7-14(5-4-13-8)9-2-3-11(15(16)17)10(12)6-9/h2-3,6,8,13H,4-5,7H2,1H3. The van der Waals surface area contributed by atoms with Crippen molar-refractivity contribution in [3.05, 3.63) is 31.9 Å². The quantitative estimate of drug-likeness (QED) is 0.505. The van der Waals surface area contributed by atoms with Gasteiger partial charge in [-0.2, -0.15) is 0 Å². The van der Waals surface area contributed by atoms with Gasteiger partial charge in [0.1, 0.15) is 0 Å². The van der Waals surface area contributed by atoms with Crippen molar-refractivity contribution in [2.45, 2.75) is 13.0 Å². The summed E-state index contributed by atoms with van der Waals surface area (Å²) in [5.41, 5.74) is 1.24. The number of nitrogens with one attached hydrogen (secondary N) is 1. The highest BCUT2D eigenvalue weighted by molar-refractivity contribution is 14.1. The van der Waals surface area contributed by atoms with E-state index >= 15 is 0 Å². The second-order valence-corrected chi connectivity index (χ2v) is 5.36. The lowest BCUT2D eigenvalue weighted by molar-refractivity contribution is -0.385. The highest BCUT2D eigenvalue weighted by atomic mass is 127. The normalized spacial score (nSPS) is 20.4. The molecule has 0 aromatic heterocycles. The van der Waals surface area contributed by atoms with Crippen LogP contribution >= 0.6 is 22.6 Å². The molecule has 1 aliphatic heterocycles. The Balaban J connectivity index is 2.22. The lowest BCUT2D eigenvalue weighted by atomic mass is 10.2. The topological polar surface area (TPSA) is 58.4 Å². The van der Waals surface area contributed by atoms with Gasteiger partial charge in [-0.05, 0) is 41.6 Å². The lowest BCUT2D eigenvalue weighted by Crippen LogP contribution is -2.49. The van der Waals surface area contributed by atoms with Crippen LogP contribution in [0.2, 0.25) is 0 Å². The van der Waals surface area contributed by atoms with Gasteiger partial charge in [-0.3, -0.25) is 10.1 Å². The number of anilines is 1. The van der Waals surface area contributed by atoms with Crippen LogP contribution in [0.4, 0.5) is 11.4 Å². The Morgan fingerprint density at radius 2 is 2.35 bits per heavy atom. The van der Waals surface area contributed by atoms with Gasteiger partial charge in [-0.1, -0.05) is 0 Å². The smallest absolute Gasteiger partial charge is 0.282 e. The third-order valence-electron chi connectivity index (χ3n) is 2.86. The molecule has 5 nitrogen and oxygen atoms in total. The zero-order valence-corrected chi connectivity index (χ0v) is 11.7. The Kier molecular flexibility index (Phi) is 3.82. The van der Waals surface area contributed by atoms with Gasteiger partial charge in [-0.25, -0.2) is 0 Å². The first-order valence-electron chi connectivity index (χ1n) is 5.50. The molecule has 1 aromatic rings. The molecule has 0 saturated carbocycles. The molecular formula is C11H14IN3O2. The van der Waals surface area contributed by atoms with E-state index < -0.39 is 0 Å². The van der Waals surface area contributed by atoms with Crippen molar-refractivity contribution in [2.75, 3.05) is 24.5 Å². The molecule has 0 bridgehead atoms. The molecule has 1 aromatic carbocycles. The van der Waals surface area contributed by atoms with Gasteiger partial charge in [0.2, 0.25) is 0 Å². The zero-order valence-electron chi connectivity index (χ0n) is 9.52. The summed E-state index contributed by atoms with van der Waals surface area (Å²) in [7, 11) is 0. The second-order valence-electron chi connectivity index (χ2n) is 4.19. The minimum absolute atomic E-state index is 0.178. The molecule has 1 fully saturated rings. The Labute approximate surface area is 113 Å². The predicted molar refractivity (Wildman–Crippen MR) is 75.5 cm³/mol. The van der Waals surface area contributed by atoms with Gasteiger partial charge in [0.05, 0.1) is 8.49 Å². The maximum atomic E-state index is 10.7. The van der Waals surface area contributed by atoms with Gasteiger partial charge < -0.3 is 10.2 Å². The van der Waals surface area contributed by atoms with E-state index in [1.165, 1.54) is 0 Å². The maximum Gasteiger partial charge on any atom is 0.282 e. The van der Waals surface area contributed by atoms with Crippen molar-refractivity contribution in [1.82, 2.24) is 5.32 Å². The third-order valence-corrected chi connectivity index (χ3v) is 3.73. The van der Waals surface area contributed by atoms with E-state index in [-0.39, 0.29) is 10.6 Å². The summed E-state index contributed by atoms with van der Waals surface area (Å²) in [5.74, 6) is 0. The molecule has 1 aliphatic rings. The predicted octanol–water partition coefficient (Wildman–Crippen LogP) is 2.00. The molecular weight excluding hydrogens is 333 g/mol.